The van der Waals surface area contributed by atoms with Crippen LogP contribution in [-0.2, 0) is 0 Å². The standard InChI is InChI=1S/C18H16I2N2O4S/c1-2-6-26-12-5-3-4-10(7-12)16(23)22-18(27)21-15-13(17(24)25)8-11(19)9-14(15)20/h3-5,7-9H,2,6H2,1H3,(H,24,25)(H2,21,22,23,27). The topological polar surface area (TPSA) is 87.7 Å². The summed E-state index contributed by atoms with van der Waals surface area (Å²) in [6.45, 7) is 2.56. The molecule has 0 spiro atoms. The van der Waals surface area contributed by atoms with Gasteiger partial charge in [0.1, 0.15) is 5.75 Å². The molecule has 0 saturated heterocycles. The van der Waals surface area contributed by atoms with Crippen LogP contribution in [0.1, 0.15) is 34.1 Å². The van der Waals surface area contributed by atoms with Crippen LogP contribution in [-0.4, -0.2) is 28.7 Å². The number of carboxylic acids is 1. The lowest BCUT2D eigenvalue weighted by Crippen LogP contribution is -2.34. The van der Waals surface area contributed by atoms with Gasteiger partial charge >= 0.3 is 5.97 Å². The van der Waals surface area contributed by atoms with Crippen molar-refractivity contribution in [2.75, 3.05) is 11.9 Å². The van der Waals surface area contributed by atoms with Crippen LogP contribution in [0.25, 0.3) is 0 Å². The third-order valence-electron chi connectivity index (χ3n) is 3.32. The van der Waals surface area contributed by atoms with E-state index in [4.69, 9.17) is 17.0 Å². The van der Waals surface area contributed by atoms with E-state index < -0.39 is 11.9 Å². The number of carbonyl (C=O) groups is 2. The second-order valence-electron chi connectivity index (χ2n) is 5.40. The molecule has 27 heavy (non-hydrogen) atoms. The van der Waals surface area contributed by atoms with Gasteiger partial charge in [-0.2, -0.15) is 0 Å². The first kappa shape index (κ1) is 21.8. The summed E-state index contributed by atoms with van der Waals surface area (Å²) in [6, 6.07) is 10.1. The van der Waals surface area contributed by atoms with Crippen LogP contribution in [0.5, 0.6) is 5.75 Å². The van der Waals surface area contributed by atoms with Gasteiger partial charge in [0.05, 0.1) is 17.9 Å². The summed E-state index contributed by atoms with van der Waals surface area (Å²) in [5, 5.41) is 14.8. The summed E-state index contributed by atoms with van der Waals surface area (Å²) in [7, 11) is 0. The lowest BCUT2D eigenvalue weighted by Gasteiger charge is -2.14. The Hall–Kier alpha value is -1.47. The number of hydrogen-bond acceptors (Lipinski definition) is 4. The number of aromatic carboxylic acids is 1. The molecule has 0 atom stereocenters. The van der Waals surface area contributed by atoms with Crippen molar-refractivity contribution < 1.29 is 19.4 Å². The minimum absolute atomic E-state index is 0.0153. The fraction of sp³-hybridized carbons (Fsp3) is 0.167. The van der Waals surface area contributed by atoms with E-state index in [-0.39, 0.29) is 10.7 Å². The van der Waals surface area contributed by atoms with E-state index in [1.54, 1.807) is 24.3 Å². The molecule has 9 heteroatoms. The van der Waals surface area contributed by atoms with E-state index >= 15 is 0 Å². The molecule has 1 amide bonds. The summed E-state index contributed by atoms with van der Waals surface area (Å²) in [5.74, 6) is -0.889. The van der Waals surface area contributed by atoms with Crippen LogP contribution in [0, 0.1) is 7.14 Å². The summed E-state index contributed by atoms with van der Waals surface area (Å²) in [6.07, 6.45) is 0.866. The number of thiocarbonyl (C=S) groups is 1. The van der Waals surface area contributed by atoms with E-state index in [1.807, 2.05) is 58.2 Å². The molecule has 0 heterocycles. The van der Waals surface area contributed by atoms with Crippen molar-refractivity contribution in [3.63, 3.8) is 0 Å². The fourth-order valence-electron chi connectivity index (χ4n) is 2.14. The molecule has 0 radical (unpaired) electrons. The van der Waals surface area contributed by atoms with E-state index in [1.165, 1.54) is 6.07 Å². The Morgan fingerprint density at radius 1 is 1.22 bits per heavy atom. The Balaban J connectivity index is 2.12. The van der Waals surface area contributed by atoms with Crippen molar-refractivity contribution in [1.82, 2.24) is 5.32 Å². The number of nitrogens with one attached hydrogen (secondary N) is 2. The van der Waals surface area contributed by atoms with Gasteiger partial charge in [-0.1, -0.05) is 13.0 Å². The number of rotatable bonds is 6. The lowest BCUT2D eigenvalue weighted by molar-refractivity contribution is 0.0697. The number of carboxylic acid groups (broad SMARTS) is 1. The molecule has 6 nitrogen and oxygen atoms in total. The van der Waals surface area contributed by atoms with Gasteiger partial charge < -0.3 is 15.2 Å². The number of halogens is 2. The van der Waals surface area contributed by atoms with Crippen LogP contribution in [0.15, 0.2) is 36.4 Å². The van der Waals surface area contributed by atoms with Gasteiger partial charge in [0.2, 0.25) is 0 Å². The molecule has 0 unspecified atom stereocenters. The SMILES string of the molecule is CCCOc1cccc(C(=O)NC(=S)Nc2c(I)cc(I)cc2C(=O)O)c1. The van der Waals surface area contributed by atoms with Gasteiger partial charge in [-0.3, -0.25) is 10.1 Å². The summed E-state index contributed by atoms with van der Waals surface area (Å²) < 4.78 is 6.99. The Morgan fingerprint density at radius 2 is 1.96 bits per heavy atom. The third kappa shape index (κ3) is 6.28. The van der Waals surface area contributed by atoms with Gasteiger partial charge in [0, 0.05) is 12.7 Å². The first-order valence-electron chi connectivity index (χ1n) is 7.89. The molecule has 2 rings (SSSR count). The van der Waals surface area contributed by atoms with Crippen molar-refractivity contribution in [3.05, 3.63) is 54.7 Å². The second-order valence-corrected chi connectivity index (χ2v) is 8.22. The normalized spacial score (nSPS) is 10.2. The molecule has 0 aliphatic carbocycles. The van der Waals surface area contributed by atoms with Crippen LogP contribution >= 0.6 is 57.4 Å². The number of amides is 1. The number of carbonyl (C=O) groups excluding carboxylic acids is 1. The maximum atomic E-state index is 12.4. The van der Waals surface area contributed by atoms with Crippen molar-refractivity contribution >= 4 is 80.1 Å². The minimum atomic E-state index is -1.08. The summed E-state index contributed by atoms with van der Waals surface area (Å²) in [4.78, 5) is 23.9. The molecule has 3 N–H and O–H groups in total. The highest BCUT2D eigenvalue weighted by Crippen LogP contribution is 2.26. The highest BCUT2D eigenvalue weighted by atomic mass is 127. The van der Waals surface area contributed by atoms with E-state index in [0.29, 0.717) is 27.2 Å². The van der Waals surface area contributed by atoms with Crippen LogP contribution in [0.2, 0.25) is 0 Å². The van der Waals surface area contributed by atoms with Gasteiger partial charge in [0.25, 0.3) is 5.91 Å². The average Bonchev–Trinajstić information content (AvgIpc) is 2.62. The van der Waals surface area contributed by atoms with Crippen LogP contribution in [0.4, 0.5) is 5.69 Å². The van der Waals surface area contributed by atoms with Crippen molar-refractivity contribution in [2.24, 2.45) is 0 Å². The molecule has 2 aromatic rings. The molecule has 2 aromatic carbocycles. The molecular weight excluding hydrogens is 594 g/mol. The number of benzene rings is 2. The highest BCUT2D eigenvalue weighted by molar-refractivity contribution is 14.1. The molecule has 0 bridgehead atoms. The number of hydrogen-bond donors (Lipinski definition) is 3. The Labute approximate surface area is 189 Å². The second kappa shape index (κ2) is 10.2. The number of anilines is 1. The van der Waals surface area contributed by atoms with Gasteiger partial charge in [-0.05, 0) is 94.2 Å². The van der Waals surface area contributed by atoms with Gasteiger partial charge in [0.15, 0.2) is 5.11 Å². The molecular formula is C18H16I2N2O4S. The number of ether oxygens (including phenoxy) is 1. The molecule has 0 fully saturated rings. The van der Waals surface area contributed by atoms with Crippen LogP contribution in [0.3, 0.4) is 0 Å². The fourth-order valence-corrected chi connectivity index (χ4v) is 4.31. The smallest absolute Gasteiger partial charge is 0.337 e. The van der Waals surface area contributed by atoms with E-state index in [2.05, 4.69) is 10.6 Å². The molecule has 142 valence electrons. The van der Waals surface area contributed by atoms with Crippen LogP contribution < -0.4 is 15.4 Å². The monoisotopic (exact) mass is 610 g/mol. The first-order valence-corrected chi connectivity index (χ1v) is 10.5. The molecule has 0 aliphatic heterocycles. The Morgan fingerprint density at radius 3 is 2.63 bits per heavy atom. The Kier molecular flexibility index (Phi) is 8.23. The van der Waals surface area contributed by atoms with Crippen molar-refractivity contribution in [3.8, 4) is 5.75 Å². The van der Waals surface area contributed by atoms with Crippen molar-refractivity contribution in [1.29, 1.82) is 0 Å². The maximum absolute atomic E-state index is 12.4. The molecule has 0 aromatic heterocycles. The van der Waals surface area contributed by atoms with E-state index in [9.17, 15) is 14.7 Å². The van der Waals surface area contributed by atoms with Gasteiger partial charge in [-0.25, -0.2) is 4.79 Å². The molecule has 0 aliphatic rings. The zero-order valence-corrected chi connectivity index (χ0v) is 19.3. The van der Waals surface area contributed by atoms with E-state index in [0.717, 1.165) is 9.99 Å². The largest absolute Gasteiger partial charge is 0.494 e. The molecule has 0 saturated carbocycles. The Bertz CT molecular complexity index is 890. The first-order chi connectivity index (χ1) is 12.8. The predicted molar refractivity (Wildman–Crippen MR) is 125 cm³/mol. The highest BCUT2D eigenvalue weighted by Gasteiger charge is 2.17. The summed E-state index contributed by atoms with van der Waals surface area (Å²) in [5.41, 5.74) is 0.815. The lowest BCUT2D eigenvalue weighted by atomic mass is 10.2. The summed E-state index contributed by atoms with van der Waals surface area (Å²) >= 11 is 9.25. The van der Waals surface area contributed by atoms with Crippen molar-refractivity contribution in [2.45, 2.75) is 13.3 Å². The third-order valence-corrected chi connectivity index (χ3v) is 5.00. The minimum Gasteiger partial charge on any atom is -0.494 e. The maximum Gasteiger partial charge on any atom is 0.337 e. The zero-order chi connectivity index (χ0) is 20.0. The zero-order valence-electron chi connectivity index (χ0n) is 14.2. The quantitative estimate of drug-likeness (QED) is 0.330. The average molecular weight is 610 g/mol. The predicted octanol–water partition coefficient (Wildman–Crippen LogP) is 4.51. The van der Waals surface area contributed by atoms with Gasteiger partial charge in [-0.15, -0.1) is 0 Å².